The summed E-state index contributed by atoms with van der Waals surface area (Å²) in [5, 5.41) is -0.332. The van der Waals surface area contributed by atoms with E-state index in [2.05, 4.69) is 19.6 Å². The van der Waals surface area contributed by atoms with Crippen molar-refractivity contribution < 1.29 is 23.8 Å². The molecule has 5 aliphatic rings. The van der Waals surface area contributed by atoms with Crippen LogP contribution in [0, 0.1) is 17.8 Å². The van der Waals surface area contributed by atoms with Crippen molar-refractivity contribution in [3.8, 4) is 0 Å². The van der Waals surface area contributed by atoms with Crippen LogP contribution in [-0.2, 0) is 23.8 Å². The van der Waals surface area contributed by atoms with Gasteiger partial charge in [0.2, 0.25) is 0 Å². The highest BCUT2D eigenvalue weighted by Gasteiger charge is 2.98. The Labute approximate surface area is 149 Å². The molecule has 5 unspecified atom stereocenters. The fraction of sp³-hybridized carbons (Fsp3) is 0.789. The molecule has 5 rings (SSSR count). The van der Waals surface area contributed by atoms with Crippen LogP contribution in [0.3, 0.4) is 0 Å². The van der Waals surface area contributed by atoms with E-state index in [1.807, 2.05) is 0 Å². The fourth-order valence-electron chi connectivity index (χ4n) is 7.75. The van der Waals surface area contributed by atoms with E-state index in [4.69, 9.17) is 14.2 Å². The molecule has 4 aliphatic carbocycles. The van der Waals surface area contributed by atoms with E-state index in [0.717, 1.165) is 6.42 Å². The zero-order chi connectivity index (χ0) is 18.0. The highest BCUT2D eigenvalue weighted by atomic mass is 28.3. The Kier molecular flexibility index (Phi) is 2.71. The van der Waals surface area contributed by atoms with Crippen LogP contribution in [0.25, 0.3) is 0 Å². The van der Waals surface area contributed by atoms with Gasteiger partial charge in [0.25, 0.3) is 0 Å². The van der Waals surface area contributed by atoms with E-state index in [-0.39, 0.29) is 34.1 Å². The summed E-state index contributed by atoms with van der Waals surface area (Å²) >= 11 is 0. The first-order valence-electron chi connectivity index (χ1n) is 9.34. The molecule has 6 heteroatoms. The highest BCUT2D eigenvalue weighted by Crippen LogP contribution is 2.93. The summed E-state index contributed by atoms with van der Waals surface area (Å²) < 4.78 is 17.0. The van der Waals surface area contributed by atoms with Gasteiger partial charge in [-0.3, -0.25) is 0 Å². The van der Waals surface area contributed by atoms with Crippen molar-refractivity contribution in [1.29, 1.82) is 0 Å². The van der Waals surface area contributed by atoms with E-state index in [1.165, 1.54) is 33.5 Å². The van der Waals surface area contributed by atoms with Gasteiger partial charge < -0.3 is 14.2 Å². The van der Waals surface area contributed by atoms with Gasteiger partial charge >= 0.3 is 11.9 Å². The minimum absolute atomic E-state index is 0.00363. The number of hydrogen-bond donors (Lipinski definition) is 0. The van der Waals surface area contributed by atoms with Crippen LogP contribution in [0.15, 0.2) is 11.1 Å². The Balaban J connectivity index is 1.82. The lowest BCUT2D eigenvalue weighted by Crippen LogP contribution is -2.54. The van der Waals surface area contributed by atoms with Gasteiger partial charge in [-0.25, -0.2) is 9.59 Å². The van der Waals surface area contributed by atoms with E-state index in [0.29, 0.717) is 23.0 Å². The maximum Gasteiger partial charge on any atom is 0.334 e. The van der Waals surface area contributed by atoms with Gasteiger partial charge in [-0.15, -0.1) is 0 Å². The van der Waals surface area contributed by atoms with Gasteiger partial charge in [0.05, 0.1) is 33.4 Å². The van der Waals surface area contributed by atoms with Crippen LogP contribution in [0.5, 0.6) is 0 Å². The molecule has 4 bridgehead atoms. The van der Waals surface area contributed by atoms with Crippen LogP contribution < -0.4 is 0 Å². The average Bonchev–Trinajstić information content (AvgIpc) is 2.92. The second-order valence-corrected chi connectivity index (χ2v) is 14.9. The summed E-state index contributed by atoms with van der Waals surface area (Å²) in [6.45, 7) is 6.93. The SMILES string of the molecule is COC(=O)C1=C(C(=O)OC)[C@@]2([Si](C)(C)C)CC1C13OC12C1CCC3C1. The maximum atomic E-state index is 12.9. The maximum absolute atomic E-state index is 12.9. The number of rotatable bonds is 3. The van der Waals surface area contributed by atoms with Crippen molar-refractivity contribution in [2.75, 3.05) is 14.2 Å². The van der Waals surface area contributed by atoms with Gasteiger partial charge in [0.1, 0.15) is 11.2 Å². The van der Waals surface area contributed by atoms with Crippen LogP contribution in [0.4, 0.5) is 0 Å². The topological polar surface area (TPSA) is 65.1 Å². The fourth-order valence-corrected chi connectivity index (χ4v) is 11.1. The smallest absolute Gasteiger partial charge is 0.334 e. The van der Waals surface area contributed by atoms with Crippen LogP contribution >= 0.6 is 0 Å². The molecule has 0 aromatic heterocycles. The number of ether oxygens (including phenoxy) is 3. The molecule has 4 fully saturated rings. The molecule has 3 saturated carbocycles. The van der Waals surface area contributed by atoms with Gasteiger partial charge in [0, 0.05) is 11.0 Å². The second kappa shape index (κ2) is 4.22. The molecular formula is C19H26O5Si. The zero-order valence-electron chi connectivity index (χ0n) is 15.6. The minimum atomic E-state index is -1.93. The van der Waals surface area contributed by atoms with Crippen molar-refractivity contribution in [2.24, 2.45) is 17.8 Å². The molecule has 0 amide bonds. The third kappa shape index (κ3) is 1.29. The van der Waals surface area contributed by atoms with Crippen molar-refractivity contribution in [1.82, 2.24) is 0 Å². The summed E-state index contributed by atoms with van der Waals surface area (Å²) in [7, 11) is 0.884. The Morgan fingerprint density at radius 1 is 1.08 bits per heavy atom. The summed E-state index contributed by atoms with van der Waals surface area (Å²) in [5.41, 5.74) is 0.736. The monoisotopic (exact) mass is 362 g/mol. The van der Waals surface area contributed by atoms with Gasteiger partial charge in [-0.05, 0) is 37.5 Å². The highest BCUT2D eigenvalue weighted by molar-refractivity contribution is 6.81. The molecule has 25 heavy (non-hydrogen) atoms. The first-order chi connectivity index (χ1) is 11.7. The van der Waals surface area contributed by atoms with Crippen molar-refractivity contribution in [3.63, 3.8) is 0 Å². The lowest BCUT2D eigenvalue weighted by molar-refractivity contribution is -0.140. The standard InChI is InChI=1S/C19H26O5Si/c1-22-15(20)13-12-9-17(25(3,4)5,14(13)16(21)23-2)19-11-7-6-10(8-11)18(12,19)24-19/h10-12H,6-9H2,1-5H3/t10?,11?,12?,17-,18?,19?/m0/s1. The molecule has 5 nitrogen and oxygen atoms in total. The van der Waals surface area contributed by atoms with E-state index < -0.39 is 8.07 Å². The number of methoxy groups -OCH3 is 2. The van der Waals surface area contributed by atoms with E-state index in [9.17, 15) is 9.59 Å². The summed E-state index contributed by atoms with van der Waals surface area (Å²) in [4.78, 5) is 25.6. The quantitative estimate of drug-likeness (QED) is 0.439. The van der Waals surface area contributed by atoms with Crippen LogP contribution in [0.1, 0.15) is 25.7 Å². The number of carbonyl (C=O) groups excluding carboxylic acids is 2. The van der Waals surface area contributed by atoms with Crippen molar-refractivity contribution in [2.45, 2.75) is 61.6 Å². The summed E-state index contributed by atoms with van der Waals surface area (Å²) in [5.74, 6) is 0.321. The normalized spacial score (nSPS) is 48.4. The zero-order valence-corrected chi connectivity index (χ0v) is 16.6. The van der Waals surface area contributed by atoms with E-state index in [1.54, 1.807) is 0 Å². The molecule has 1 heterocycles. The minimum Gasteiger partial charge on any atom is -0.466 e. The number of epoxide rings is 1. The second-order valence-electron chi connectivity index (χ2n) is 9.52. The first kappa shape index (κ1) is 16.1. The molecule has 0 N–H and O–H groups in total. The largest absolute Gasteiger partial charge is 0.466 e. The molecular weight excluding hydrogens is 336 g/mol. The predicted octanol–water partition coefficient (Wildman–Crippen LogP) is 2.68. The Morgan fingerprint density at radius 3 is 2.32 bits per heavy atom. The lowest BCUT2D eigenvalue weighted by atomic mass is 9.68. The molecule has 0 spiro atoms. The Bertz CT molecular complexity index is 751. The Hall–Kier alpha value is -1.14. The molecule has 136 valence electrons. The third-order valence-corrected chi connectivity index (χ3v) is 11.7. The summed E-state index contributed by atoms with van der Waals surface area (Å²) in [6.07, 6.45) is 4.43. The number of carbonyl (C=O) groups is 2. The number of esters is 2. The van der Waals surface area contributed by atoms with Crippen molar-refractivity contribution >= 4 is 20.0 Å². The number of hydrogen-bond acceptors (Lipinski definition) is 5. The molecule has 6 atom stereocenters. The summed E-state index contributed by atoms with van der Waals surface area (Å²) in [6, 6.07) is 0. The molecule has 0 aromatic carbocycles. The predicted molar refractivity (Wildman–Crippen MR) is 92.6 cm³/mol. The average molecular weight is 362 g/mol. The molecule has 0 radical (unpaired) electrons. The Morgan fingerprint density at radius 2 is 1.72 bits per heavy atom. The lowest BCUT2D eigenvalue weighted by Gasteiger charge is -2.47. The first-order valence-corrected chi connectivity index (χ1v) is 12.8. The molecule has 0 aromatic rings. The van der Waals surface area contributed by atoms with Gasteiger partial charge in [0.15, 0.2) is 0 Å². The molecule has 1 aliphatic heterocycles. The van der Waals surface area contributed by atoms with Crippen LogP contribution in [0.2, 0.25) is 24.7 Å². The molecule has 1 saturated heterocycles. The van der Waals surface area contributed by atoms with Gasteiger partial charge in [-0.2, -0.15) is 0 Å². The van der Waals surface area contributed by atoms with Crippen LogP contribution in [-0.4, -0.2) is 45.4 Å². The van der Waals surface area contributed by atoms with Gasteiger partial charge in [-0.1, -0.05) is 19.6 Å². The number of fused-ring (bicyclic) bond motifs is 4. The van der Waals surface area contributed by atoms with Crippen molar-refractivity contribution in [3.05, 3.63) is 11.1 Å². The van der Waals surface area contributed by atoms with E-state index >= 15 is 0 Å². The third-order valence-electron chi connectivity index (χ3n) is 8.26.